The maximum atomic E-state index is 11.6. The van der Waals surface area contributed by atoms with Gasteiger partial charge in [0.15, 0.2) is 6.61 Å². The second-order valence-electron chi connectivity index (χ2n) is 5.31. The van der Waals surface area contributed by atoms with Gasteiger partial charge in [-0.25, -0.2) is 0 Å². The average molecular weight is 290 g/mol. The summed E-state index contributed by atoms with van der Waals surface area (Å²) in [4.78, 5) is 25.0. The van der Waals surface area contributed by atoms with Crippen LogP contribution in [0.1, 0.15) is 33.1 Å². The van der Waals surface area contributed by atoms with Crippen LogP contribution in [0.4, 0.5) is 5.69 Å². The molecule has 0 unspecified atom stereocenters. The zero-order valence-corrected chi connectivity index (χ0v) is 12.6. The average Bonchev–Trinajstić information content (AvgIpc) is 2.91. The van der Waals surface area contributed by atoms with Crippen LogP contribution in [-0.2, 0) is 9.59 Å². The van der Waals surface area contributed by atoms with Crippen molar-refractivity contribution in [3.05, 3.63) is 24.3 Å². The highest BCUT2D eigenvalue weighted by Gasteiger charge is 2.21. The van der Waals surface area contributed by atoms with E-state index >= 15 is 0 Å². The minimum absolute atomic E-state index is 0.00628. The Kier molecular flexibility index (Phi) is 5.20. The molecule has 1 atom stereocenters. The molecule has 21 heavy (non-hydrogen) atoms. The highest BCUT2D eigenvalue weighted by molar-refractivity contribution is 5.95. The molecule has 2 amide bonds. The number of hydrogen-bond donors (Lipinski definition) is 1. The maximum Gasteiger partial charge on any atom is 0.258 e. The van der Waals surface area contributed by atoms with Crippen LogP contribution in [0, 0.1) is 0 Å². The zero-order valence-electron chi connectivity index (χ0n) is 12.6. The number of hydrogen-bond acceptors (Lipinski definition) is 3. The molecule has 0 spiro atoms. The van der Waals surface area contributed by atoms with Gasteiger partial charge >= 0.3 is 0 Å². The number of ether oxygens (including phenoxy) is 1. The Morgan fingerprint density at radius 1 is 1.38 bits per heavy atom. The Bertz CT molecular complexity index is 499. The van der Waals surface area contributed by atoms with Crippen LogP contribution in [0.2, 0.25) is 0 Å². The molecule has 5 heteroatoms. The van der Waals surface area contributed by atoms with Crippen molar-refractivity contribution in [1.29, 1.82) is 0 Å². The number of carbonyl (C=O) groups excluding carboxylic acids is 2. The van der Waals surface area contributed by atoms with Gasteiger partial charge < -0.3 is 15.0 Å². The van der Waals surface area contributed by atoms with E-state index in [9.17, 15) is 9.59 Å². The van der Waals surface area contributed by atoms with Crippen molar-refractivity contribution in [2.45, 2.75) is 39.2 Å². The molecular formula is C16H22N2O3. The summed E-state index contributed by atoms with van der Waals surface area (Å²) in [5.74, 6) is 0.671. The van der Waals surface area contributed by atoms with E-state index in [1.165, 1.54) is 0 Å². The van der Waals surface area contributed by atoms with E-state index in [1.54, 1.807) is 17.0 Å². The van der Waals surface area contributed by atoms with Gasteiger partial charge in [0, 0.05) is 24.7 Å². The summed E-state index contributed by atoms with van der Waals surface area (Å²) in [5, 5.41) is 2.84. The molecule has 0 bridgehead atoms. The first-order chi connectivity index (χ1) is 10.1. The van der Waals surface area contributed by atoms with E-state index in [2.05, 4.69) is 5.32 Å². The quantitative estimate of drug-likeness (QED) is 0.873. The summed E-state index contributed by atoms with van der Waals surface area (Å²) in [6.07, 6.45) is 2.42. The number of nitrogens with zero attached hydrogens (tertiary/aromatic N) is 1. The number of amides is 2. The number of benzene rings is 1. The molecule has 1 N–H and O–H groups in total. The standard InChI is InChI=1S/C16H22N2O3/c1-3-12(2)17-15(19)11-21-14-8-6-13(7-9-14)18-10-4-5-16(18)20/h6-9,12H,3-5,10-11H2,1-2H3,(H,17,19)/t12-/m0/s1. The molecule has 1 aliphatic heterocycles. The van der Waals surface area contributed by atoms with Gasteiger partial charge in [-0.05, 0) is 44.0 Å². The van der Waals surface area contributed by atoms with Crippen LogP contribution in [0.15, 0.2) is 24.3 Å². The molecule has 0 saturated carbocycles. The van der Waals surface area contributed by atoms with Gasteiger partial charge in [0.1, 0.15) is 5.75 Å². The van der Waals surface area contributed by atoms with Gasteiger partial charge in [-0.15, -0.1) is 0 Å². The fourth-order valence-corrected chi connectivity index (χ4v) is 2.21. The highest BCUT2D eigenvalue weighted by atomic mass is 16.5. The molecule has 1 heterocycles. The number of rotatable bonds is 6. The van der Waals surface area contributed by atoms with Crippen LogP contribution in [0.25, 0.3) is 0 Å². The SMILES string of the molecule is CC[C@H](C)NC(=O)COc1ccc(N2CCCC2=O)cc1. The summed E-state index contributed by atoms with van der Waals surface area (Å²) in [6.45, 7) is 4.76. The predicted molar refractivity (Wildman–Crippen MR) is 81.4 cm³/mol. The molecule has 5 nitrogen and oxygen atoms in total. The first-order valence-electron chi connectivity index (χ1n) is 7.42. The van der Waals surface area contributed by atoms with Crippen LogP contribution < -0.4 is 15.0 Å². The third kappa shape index (κ3) is 4.21. The fourth-order valence-electron chi connectivity index (χ4n) is 2.21. The summed E-state index contributed by atoms with van der Waals surface area (Å²) >= 11 is 0. The Morgan fingerprint density at radius 3 is 2.67 bits per heavy atom. The molecule has 0 aromatic heterocycles. The van der Waals surface area contributed by atoms with Crippen molar-refractivity contribution in [2.24, 2.45) is 0 Å². The first-order valence-corrected chi connectivity index (χ1v) is 7.42. The number of anilines is 1. The lowest BCUT2D eigenvalue weighted by Crippen LogP contribution is -2.35. The monoisotopic (exact) mass is 290 g/mol. The molecule has 0 radical (unpaired) electrons. The van der Waals surface area contributed by atoms with E-state index in [4.69, 9.17) is 4.74 Å². The smallest absolute Gasteiger partial charge is 0.258 e. The van der Waals surface area contributed by atoms with E-state index < -0.39 is 0 Å². The van der Waals surface area contributed by atoms with Crippen molar-refractivity contribution >= 4 is 17.5 Å². The van der Waals surface area contributed by atoms with Crippen LogP contribution in [0.3, 0.4) is 0 Å². The van der Waals surface area contributed by atoms with Crippen LogP contribution in [-0.4, -0.2) is 31.0 Å². The van der Waals surface area contributed by atoms with Gasteiger partial charge in [0.25, 0.3) is 5.91 Å². The van der Waals surface area contributed by atoms with Gasteiger partial charge in [-0.2, -0.15) is 0 Å². The minimum Gasteiger partial charge on any atom is -0.484 e. The van der Waals surface area contributed by atoms with Gasteiger partial charge in [0.2, 0.25) is 5.91 Å². The van der Waals surface area contributed by atoms with E-state index in [0.29, 0.717) is 12.2 Å². The summed E-state index contributed by atoms with van der Waals surface area (Å²) < 4.78 is 5.44. The van der Waals surface area contributed by atoms with Crippen molar-refractivity contribution < 1.29 is 14.3 Å². The molecule has 1 fully saturated rings. The zero-order chi connectivity index (χ0) is 15.2. The Morgan fingerprint density at radius 2 is 2.10 bits per heavy atom. The normalized spacial score (nSPS) is 15.9. The molecular weight excluding hydrogens is 268 g/mol. The van der Waals surface area contributed by atoms with Gasteiger partial charge in [-0.1, -0.05) is 6.92 Å². The summed E-state index contributed by atoms with van der Waals surface area (Å²) in [7, 11) is 0. The second-order valence-corrected chi connectivity index (χ2v) is 5.31. The van der Waals surface area contributed by atoms with Crippen LogP contribution >= 0.6 is 0 Å². The number of carbonyl (C=O) groups is 2. The van der Waals surface area contributed by atoms with E-state index in [1.807, 2.05) is 26.0 Å². The molecule has 114 valence electrons. The third-order valence-electron chi connectivity index (χ3n) is 3.61. The summed E-state index contributed by atoms with van der Waals surface area (Å²) in [5.41, 5.74) is 0.883. The minimum atomic E-state index is -0.122. The lowest BCUT2D eigenvalue weighted by molar-refractivity contribution is -0.123. The molecule has 1 saturated heterocycles. The fraction of sp³-hybridized carbons (Fsp3) is 0.500. The lowest BCUT2D eigenvalue weighted by atomic mass is 10.2. The second kappa shape index (κ2) is 7.11. The molecule has 1 aromatic rings. The van der Waals surface area contributed by atoms with Crippen molar-refractivity contribution in [3.63, 3.8) is 0 Å². The first kappa shape index (κ1) is 15.4. The molecule has 1 aromatic carbocycles. The Hall–Kier alpha value is -2.04. The maximum absolute atomic E-state index is 11.6. The number of nitrogens with one attached hydrogen (secondary N) is 1. The van der Waals surface area contributed by atoms with Crippen molar-refractivity contribution in [3.8, 4) is 5.75 Å². The highest BCUT2D eigenvalue weighted by Crippen LogP contribution is 2.23. The predicted octanol–water partition coefficient (Wildman–Crippen LogP) is 2.11. The van der Waals surface area contributed by atoms with Crippen molar-refractivity contribution in [2.75, 3.05) is 18.1 Å². The third-order valence-corrected chi connectivity index (χ3v) is 3.61. The van der Waals surface area contributed by atoms with Gasteiger partial charge in [-0.3, -0.25) is 9.59 Å². The topological polar surface area (TPSA) is 58.6 Å². The molecule has 1 aliphatic rings. The summed E-state index contributed by atoms with van der Waals surface area (Å²) in [6, 6.07) is 7.44. The molecule has 0 aliphatic carbocycles. The Balaban J connectivity index is 1.85. The molecule has 2 rings (SSSR count). The van der Waals surface area contributed by atoms with E-state index in [0.717, 1.165) is 25.1 Å². The lowest BCUT2D eigenvalue weighted by Gasteiger charge is -2.16. The van der Waals surface area contributed by atoms with Gasteiger partial charge in [0.05, 0.1) is 0 Å². The van der Waals surface area contributed by atoms with E-state index in [-0.39, 0.29) is 24.5 Å². The Labute approximate surface area is 125 Å². The largest absolute Gasteiger partial charge is 0.484 e. The van der Waals surface area contributed by atoms with Crippen molar-refractivity contribution in [1.82, 2.24) is 5.32 Å². The van der Waals surface area contributed by atoms with Crippen LogP contribution in [0.5, 0.6) is 5.75 Å².